The van der Waals surface area contributed by atoms with E-state index >= 15 is 0 Å². The molecule has 2 aromatic rings. The van der Waals surface area contributed by atoms with E-state index in [2.05, 4.69) is 5.32 Å². The Bertz CT molecular complexity index is 632. The Kier molecular flexibility index (Phi) is 4.52. The Balaban J connectivity index is 2.33. The summed E-state index contributed by atoms with van der Waals surface area (Å²) in [4.78, 5) is 0. The van der Waals surface area contributed by atoms with E-state index in [0.717, 1.165) is 5.69 Å². The molecule has 0 radical (unpaired) electrons. The summed E-state index contributed by atoms with van der Waals surface area (Å²) in [5, 5.41) is 30.7. The van der Waals surface area contributed by atoms with Crippen LogP contribution in [0, 0.1) is 0 Å². The maximum atomic E-state index is 9.59. The SMILES string of the molecule is Nc1ccc(O)cc1-c1cc(NCC(O)CO)ccc1N. The first-order chi connectivity index (χ1) is 10.0. The first-order valence-corrected chi connectivity index (χ1v) is 6.52. The van der Waals surface area contributed by atoms with E-state index in [0.29, 0.717) is 22.5 Å². The van der Waals surface area contributed by atoms with Crippen LogP contribution in [-0.2, 0) is 0 Å². The molecule has 0 fully saturated rings. The van der Waals surface area contributed by atoms with Gasteiger partial charge in [-0.1, -0.05) is 0 Å². The molecule has 8 N–H and O–H groups in total. The highest BCUT2D eigenvalue weighted by Crippen LogP contribution is 2.34. The molecule has 0 aliphatic heterocycles. The molecule has 0 spiro atoms. The standard InChI is InChI=1S/C15H19N3O3/c16-14-3-1-9(18-7-11(21)8-19)5-12(14)13-6-10(20)2-4-15(13)17/h1-6,11,18-21H,7-8,16-17H2. The Morgan fingerprint density at radius 1 is 1.00 bits per heavy atom. The van der Waals surface area contributed by atoms with Crippen molar-refractivity contribution in [2.24, 2.45) is 0 Å². The van der Waals surface area contributed by atoms with Gasteiger partial charge in [0.1, 0.15) is 5.75 Å². The molecule has 0 saturated heterocycles. The fraction of sp³-hybridized carbons (Fsp3) is 0.200. The van der Waals surface area contributed by atoms with Gasteiger partial charge in [0.25, 0.3) is 0 Å². The van der Waals surface area contributed by atoms with E-state index in [9.17, 15) is 10.2 Å². The third-order valence-corrected chi connectivity index (χ3v) is 3.13. The lowest BCUT2D eigenvalue weighted by atomic mass is 10.0. The quantitative estimate of drug-likeness (QED) is 0.360. The Labute approximate surface area is 122 Å². The largest absolute Gasteiger partial charge is 0.508 e. The summed E-state index contributed by atoms with van der Waals surface area (Å²) < 4.78 is 0. The van der Waals surface area contributed by atoms with Crippen molar-refractivity contribution < 1.29 is 15.3 Å². The number of hydrogen-bond acceptors (Lipinski definition) is 6. The summed E-state index contributed by atoms with van der Waals surface area (Å²) in [6.07, 6.45) is -0.836. The molecule has 2 rings (SSSR count). The van der Waals surface area contributed by atoms with E-state index in [1.807, 2.05) is 0 Å². The maximum absolute atomic E-state index is 9.59. The minimum Gasteiger partial charge on any atom is -0.508 e. The third-order valence-electron chi connectivity index (χ3n) is 3.13. The van der Waals surface area contributed by atoms with Gasteiger partial charge in [0.05, 0.1) is 12.7 Å². The molecule has 1 unspecified atom stereocenters. The number of aromatic hydroxyl groups is 1. The second-order valence-electron chi connectivity index (χ2n) is 4.79. The van der Waals surface area contributed by atoms with Crippen molar-refractivity contribution in [3.05, 3.63) is 36.4 Å². The minimum absolute atomic E-state index is 0.104. The Hall–Kier alpha value is -2.44. The van der Waals surface area contributed by atoms with Crippen LogP contribution in [0.5, 0.6) is 5.75 Å². The average molecular weight is 289 g/mol. The van der Waals surface area contributed by atoms with Crippen LogP contribution in [0.1, 0.15) is 0 Å². The molecule has 0 amide bonds. The second kappa shape index (κ2) is 6.34. The minimum atomic E-state index is -0.836. The summed E-state index contributed by atoms with van der Waals surface area (Å²) >= 11 is 0. The summed E-state index contributed by atoms with van der Waals surface area (Å²) in [5.41, 5.74) is 15.0. The van der Waals surface area contributed by atoms with Crippen LogP contribution < -0.4 is 16.8 Å². The molecule has 0 saturated carbocycles. The topological polar surface area (TPSA) is 125 Å². The van der Waals surface area contributed by atoms with E-state index in [1.54, 1.807) is 30.3 Å². The molecule has 0 heterocycles. The lowest BCUT2D eigenvalue weighted by Crippen LogP contribution is -2.22. The maximum Gasteiger partial charge on any atom is 0.116 e. The van der Waals surface area contributed by atoms with Gasteiger partial charge in [-0.15, -0.1) is 0 Å². The number of anilines is 3. The number of phenolic OH excluding ortho intramolecular Hbond substituents is 1. The smallest absolute Gasteiger partial charge is 0.116 e. The highest BCUT2D eigenvalue weighted by molar-refractivity contribution is 5.87. The molecule has 6 nitrogen and oxygen atoms in total. The normalized spacial score (nSPS) is 12.1. The van der Waals surface area contributed by atoms with Gasteiger partial charge in [0, 0.05) is 34.7 Å². The summed E-state index contributed by atoms with van der Waals surface area (Å²) in [6, 6.07) is 9.93. The lowest BCUT2D eigenvalue weighted by Gasteiger charge is -2.14. The van der Waals surface area contributed by atoms with Gasteiger partial charge in [0.15, 0.2) is 0 Å². The molecular formula is C15H19N3O3. The van der Waals surface area contributed by atoms with Crippen LogP contribution in [0.4, 0.5) is 17.1 Å². The number of rotatable bonds is 5. The molecule has 1 atom stereocenters. The summed E-state index contributed by atoms with van der Waals surface area (Å²) in [6.45, 7) is -0.0935. The number of aliphatic hydroxyl groups is 2. The molecule has 0 bridgehead atoms. The zero-order valence-corrected chi connectivity index (χ0v) is 11.5. The molecule has 6 heteroatoms. The fourth-order valence-electron chi connectivity index (χ4n) is 1.98. The van der Waals surface area contributed by atoms with Gasteiger partial charge in [-0.25, -0.2) is 0 Å². The second-order valence-corrected chi connectivity index (χ2v) is 4.79. The predicted octanol–water partition coefficient (Wildman–Crippen LogP) is 0.989. The molecule has 112 valence electrons. The van der Waals surface area contributed by atoms with Gasteiger partial charge in [-0.3, -0.25) is 0 Å². The zero-order valence-electron chi connectivity index (χ0n) is 11.5. The van der Waals surface area contributed by atoms with Crippen LogP contribution in [0.3, 0.4) is 0 Å². The molecule has 0 aromatic heterocycles. The summed E-state index contributed by atoms with van der Waals surface area (Å²) in [5.74, 6) is 0.104. The van der Waals surface area contributed by atoms with Crippen molar-refractivity contribution in [1.82, 2.24) is 0 Å². The van der Waals surface area contributed by atoms with Gasteiger partial charge in [-0.05, 0) is 36.4 Å². The molecule has 2 aromatic carbocycles. The van der Waals surface area contributed by atoms with Gasteiger partial charge in [-0.2, -0.15) is 0 Å². The van der Waals surface area contributed by atoms with Crippen molar-refractivity contribution in [2.45, 2.75) is 6.10 Å². The monoisotopic (exact) mass is 289 g/mol. The molecule has 21 heavy (non-hydrogen) atoms. The predicted molar refractivity (Wildman–Crippen MR) is 83.9 cm³/mol. The molecule has 0 aliphatic carbocycles. The first-order valence-electron chi connectivity index (χ1n) is 6.52. The number of nitrogens with two attached hydrogens (primary N) is 2. The van der Waals surface area contributed by atoms with Crippen molar-refractivity contribution in [3.63, 3.8) is 0 Å². The van der Waals surface area contributed by atoms with E-state index < -0.39 is 6.10 Å². The van der Waals surface area contributed by atoms with Crippen molar-refractivity contribution in [3.8, 4) is 16.9 Å². The van der Waals surface area contributed by atoms with Crippen LogP contribution in [0.15, 0.2) is 36.4 Å². The Morgan fingerprint density at radius 3 is 2.29 bits per heavy atom. The van der Waals surface area contributed by atoms with Crippen LogP contribution in [-0.4, -0.2) is 34.6 Å². The number of phenols is 1. The zero-order chi connectivity index (χ0) is 15.4. The number of hydrogen-bond donors (Lipinski definition) is 6. The number of aliphatic hydroxyl groups excluding tert-OH is 2. The molecule has 0 aliphatic rings. The van der Waals surface area contributed by atoms with Crippen molar-refractivity contribution in [1.29, 1.82) is 0 Å². The fourth-order valence-corrected chi connectivity index (χ4v) is 1.98. The molecular weight excluding hydrogens is 270 g/mol. The first kappa shape index (κ1) is 15.0. The van der Waals surface area contributed by atoms with Crippen LogP contribution in [0.2, 0.25) is 0 Å². The van der Waals surface area contributed by atoms with Crippen LogP contribution >= 0.6 is 0 Å². The highest BCUT2D eigenvalue weighted by atomic mass is 16.3. The van der Waals surface area contributed by atoms with Gasteiger partial charge < -0.3 is 32.1 Å². The average Bonchev–Trinajstić information content (AvgIpc) is 2.48. The van der Waals surface area contributed by atoms with E-state index in [-0.39, 0.29) is 18.9 Å². The van der Waals surface area contributed by atoms with Crippen molar-refractivity contribution in [2.75, 3.05) is 29.9 Å². The van der Waals surface area contributed by atoms with Crippen LogP contribution in [0.25, 0.3) is 11.1 Å². The third kappa shape index (κ3) is 3.56. The number of nitrogens with one attached hydrogen (secondary N) is 1. The Morgan fingerprint density at radius 2 is 1.62 bits per heavy atom. The van der Waals surface area contributed by atoms with Gasteiger partial charge >= 0.3 is 0 Å². The van der Waals surface area contributed by atoms with E-state index in [4.69, 9.17) is 16.6 Å². The highest BCUT2D eigenvalue weighted by Gasteiger charge is 2.09. The summed E-state index contributed by atoms with van der Waals surface area (Å²) in [7, 11) is 0. The number of benzene rings is 2. The van der Waals surface area contributed by atoms with Gasteiger partial charge in [0.2, 0.25) is 0 Å². The number of nitrogen functional groups attached to an aromatic ring is 2. The lowest BCUT2D eigenvalue weighted by molar-refractivity contribution is 0.105. The van der Waals surface area contributed by atoms with E-state index in [1.165, 1.54) is 6.07 Å². The van der Waals surface area contributed by atoms with Crippen molar-refractivity contribution >= 4 is 17.1 Å².